The summed E-state index contributed by atoms with van der Waals surface area (Å²) in [4.78, 5) is 15.3. The molecule has 1 aliphatic carbocycles. The van der Waals surface area contributed by atoms with Crippen molar-refractivity contribution < 1.29 is 4.79 Å². The molecule has 2 aliphatic rings. The minimum atomic E-state index is 0.183. The highest BCUT2D eigenvalue weighted by molar-refractivity contribution is 5.80. The lowest BCUT2D eigenvalue weighted by Gasteiger charge is -2.30. The highest BCUT2D eigenvalue weighted by Gasteiger charge is 2.36. The fraction of sp³-hybridized carbons (Fsp3) is 0.762. The molecule has 1 aromatic rings. The molecule has 1 atom stereocenters. The minimum Gasteiger partial charge on any atom is -0.351 e. The Morgan fingerprint density at radius 3 is 2.72 bits per heavy atom. The Hall–Kier alpha value is -1.29. The lowest BCUT2D eigenvalue weighted by molar-refractivity contribution is -0.137. The van der Waals surface area contributed by atoms with Gasteiger partial charge < -0.3 is 14.8 Å². The van der Waals surface area contributed by atoms with Gasteiger partial charge in [0.1, 0.15) is 0 Å². The summed E-state index contributed by atoms with van der Waals surface area (Å²) in [5, 5.41) is 3.40. The normalized spacial score (nSPS) is 20.7. The second-order valence-electron chi connectivity index (χ2n) is 7.86. The molecular weight excluding hydrogens is 310 g/mol. The second-order valence-corrected chi connectivity index (χ2v) is 7.86. The Kier molecular flexibility index (Phi) is 6.21. The third-order valence-corrected chi connectivity index (χ3v) is 5.93. The Morgan fingerprint density at radius 1 is 1.32 bits per heavy atom. The largest absolute Gasteiger partial charge is 0.351 e. The van der Waals surface area contributed by atoms with Crippen LogP contribution in [0.4, 0.5) is 0 Å². The van der Waals surface area contributed by atoms with Crippen LogP contribution in [-0.2, 0) is 24.3 Å². The number of unbranched alkanes of at least 4 members (excludes halogenated alkanes) is 1. The van der Waals surface area contributed by atoms with Gasteiger partial charge in [0.15, 0.2) is 0 Å². The monoisotopic (exact) mass is 345 g/mol. The maximum Gasteiger partial charge on any atom is 0.227 e. The number of nitrogens with one attached hydrogen (secondary N) is 1. The van der Waals surface area contributed by atoms with E-state index in [0.29, 0.717) is 11.9 Å². The van der Waals surface area contributed by atoms with Gasteiger partial charge in [-0.25, -0.2) is 0 Å². The maximum atomic E-state index is 13.1. The van der Waals surface area contributed by atoms with Crippen LogP contribution in [0.2, 0.25) is 0 Å². The van der Waals surface area contributed by atoms with Crippen LogP contribution in [0.5, 0.6) is 0 Å². The molecule has 1 saturated heterocycles. The molecule has 4 heteroatoms. The van der Waals surface area contributed by atoms with Crippen LogP contribution in [-0.4, -0.2) is 34.5 Å². The molecule has 1 aromatic heterocycles. The van der Waals surface area contributed by atoms with E-state index in [1.54, 1.807) is 0 Å². The number of aromatic nitrogens is 1. The van der Waals surface area contributed by atoms with Crippen molar-refractivity contribution in [2.75, 3.05) is 13.1 Å². The zero-order valence-electron chi connectivity index (χ0n) is 16.3. The fourth-order valence-corrected chi connectivity index (χ4v) is 4.20. The number of hydrogen-bond acceptors (Lipinski definition) is 2. The summed E-state index contributed by atoms with van der Waals surface area (Å²) < 4.78 is 2.41. The van der Waals surface area contributed by atoms with E-state index in [-0.39, 0.29) is 5.92 Å². The molecule has 0 aromatic carbocycles. The summed E-state index contributed by atoms with van der Waals surface area (Å²) in [5.41, 5.74) is 4.23. The second kappa shape index (κ2) is 8.39. The molecule has 0 radical (unpaired) electrons. The average molecular weight is 346 g/mol. The number of amides is 1. The van der Waals surface area contributed by atoms with Gasteiger partial charge in [0.25, 0.3) is 0 Å². The predicted molar refractivity (Wildman–Crippen MR) is 103 cm³/mol. The lowest BCUT2D eigenvalue weighted by Crippen LogP contribution is -2.43. The van der Waals surface area contributed by atoms with E-state index in [0.717, 1.165) is 45.4 Å². The van der Waals surface area contributed by atoms with Crippen molar-refractivity contribution in [2.45, 2.75) is 84.8 Å². The van der Waals surface area contributed by atoms with E-state index in [1.807, 2.05) is 0 Å². The van der Waals surface area contributed by atoms with Crippen LogP contribution in [0.15, 0.2) is 6.20 Å². The highest BCUT2D eigenvalue weighted by atomic mass is 16.2. The molecule has 2 fully saturated rings. The van der Waals surface area contributed by atoms with Gasteiger partial charge in [-0.2, -0.15) is 0 Å². The van der Waals surface area contributed by atoms with E-state index >= 15 is 0 Å². The topological polar surface area (TPSA) is 37.3 Å². The molecular formula is C21H35N3O. The number of nitrogens with zero attached hydrogens (tertiary/aromatic N) is 2. The first-order chi connectivity index (χ1) is 12.2. The van der Waals surface area contributed by atoms with Crippen molar-refractivity contribution in [2.24, 2.45) is 5.92 Å². The summed E-state index contributed by atoms with van der Waals surface area (Å²) in [7, 11) is 0. The molecule has 0 unspecified atom stereocenters. The number of carbonyl (C=O) groups is 1. The molecule has 1 N–H and O–H groups in total. The smallest absolute Gasteiger partial charge is 0.227 e. The first kappa shape index (κ1) is 18.5. The first-order valence-corrected chi connectivity index (χ1v) is 10.3. The number of piperidine rings is 1. The van der Waals surface area contributed by atoms with E-state index in [1.165, 1.54) is 42.5 Å². The van der Waals surface area contributed by atoms with Crippen LogP contribution in [0.25, 0.3) is 0 Å². The van der Waals surface area contributed by atoms with Crippen LogP contribution in [0.3, 0.4) is 0 Å². The van der Waals surface area contributed by atoms with E-state index in [4.69, 9.17) is 0 Å². The van der Waals surface area contributed by atoms with Crippen LogP contribution in [0, 0.1) is 12.8 Å². The molecule has 140 valence electrons. The summed E-state index contributed by atoms with van der Waals surface area (Å²) in [6.45, 7) is 10.6. The minimum absolute atomic E-state index is 0.183. The number of hydrogen-bond donors (Lipinski definition) is 1. The van der Waals surface area contributed by atoms with Gasteiger partial charge in [0.2, 0.25) is 5.91 Å². The quantitative estimate of drug-likeness (QED) is 0.781. The molecule has 4 nitrogen and oxygen atoms in total. The lowest BCUT2D eigenvalue weighted by atomic mass is 9.97. The SMILES string of the molecule is CCCCn1cc(CN(C(=O)[C@@H]2CCCNC2)C2CC2)c(CC)c1C. The van der Waals surface area contributed by atoms with Crippen molar-refractivity contribution in [1.29, 1.82) is 0 Å². The average Bonchev–Trinajstić information content (AvgIpc) is 3.43. The Balaban J connectivity index is 1.76. The van der Waals surface area contributed by atoms with Crippen LogP contribution < -0.4 is 5.32 Å². The van der Waals surface area contributed by atoms with Crippen LogP contribution >= 0.6 is 0 Å². The molecule has 1 amide bonds. The summed E-state index contributed by atoms with van der Waals surface area (Å²) in [6, 6.07) is 0.485. The number of rotatable bonds is 8. The molecule has 25 heavy (non-hydrogen) atoms. The maximum absolute atomic E-state index is 13.1. The Morgan fingerprint density at radius 2 is 2.12 bits per heavy atom. The van der Waals surface area contributed by atoms with E-state index < -0.39 is 0 Å². The van der Waals surface area contributed by atoms with Gasteiger partial charge >= 0.3 is 0 Å². The van der Waals surface area contributed by atoms with Gasteiger partial charge in [-0.15, -0.1) is 0 Å². The van der Waals surface area contributed by atoms with E-state index in [2.05, 4.69) is 41.8 Å². The Bertz CT molecular complexity index is 582. The number of carbonyl (C=O) groups excluding carboxylic acids is 1. The summed E-state index contributed by atoms with van der Waals surface area (Å²) >= 11 is 0. The van der Waals surface area contributed by atoms with Crippen LogP contribution in [0.1, 0.15) is 69.2 Å². The number of aryl methyl sites for hydroxylation is 1. The molecule has 2 heterocycles. The van der Waals surface area contributed by atoms with Gasteiger partial charge in [-0.3, -0.25) is 4.79 Å². The molecule has 1 saturated carbocycles. The molecule has 0 spiro atoms. The third-order valence-electron chi connectivity index (χ3n) is 5.93. The van der Waals surface area contributed by atoms with Gasteiger partial charge in [-0.05, 0) is 63.1 Å². The zero-order chi connectivity index (χ0) is 17.8. The van der Waals surface area contributed by atoms with Crippen molar-refractivity contribution in [3.63, 3.8) is 0 Å². The summed E-state index contributed by atoms with van der Waals surface area (Å²) in [5.74, 6) is 0.568. The standard InChI is InChI=1S/C21H35N3O/c1-4-6-12-23-14-18(20(5-2)16(23)3)15-24(19-9-10-19)21(25)17-8-7-11-22-13-17/h14,17,19,22H,4-13,15H2,1-3H3/t17-/m1/s1. The van der Waals surface area contributed by atoms with Crippen molar-refractivity contribution >= 4 is 5.91 Å². The first-order valence-electron chi connectivity index (χ1n) is 10.3. The van der Waals surface area contributed by atoms with Crippen molar-refractivity contribution in [3.05, 3.63) is 23.0 Å². The van der Waals surface area contributed by atoms with E-state index in [9.17, 15) is 4.79 Å². The van der Waals surface area contributed by atoms with Crippen molar-refractivity contribution in [3.8, 4) is 0 Å². The van der Waals surface area contributed by atoms with Crippen molar-refractivity contribution in [1.82, 2.24) is 14.8 Å². The Labute approximate surface area is 153 Å². The summed E-state index contributed by atoms with van der Waals surface area (Å²) in [6.07, 6.45) is 10.4. The fourth-order valence-electron chi connectivity index (χ4n) is 4.20. The van der Waals surface area contributed by atoms with Gasteiger partial charge in [0.05, 0.1) is 5.92 Å². The predicted octanol–water partition coefficient (Wildman–Crippen LogP) is 3.65. The molecule has 0 bridgehead atoms. The zero-order valence-corrected chi connectivity index (χ0v) is 16.3. The molecule has 3 rings (SSSR count). The van der Waals surface area contributed by atoms with Gasteiger partial charge in [0, 0.05) is 37.6 Å². The van der Waals surface area contributed by atoms with Gasteiger partial charge in [-0.1, -0.05) is 20.3 Å². The third kappa shape index (κ3) is 4.28. The molecule has 1 aliphatic heterocycles. The highest BCUT2D eigenvalue weighted by Crippen LogP contribution is 2.32.